The van der Waals surface area contributed by atoms with Gasteiger partial charge in [-0.1, -0.05) is 0 Å². The lowest BCUT2D eigenvalue weighted by Crippen LogP contribution is -2.03. The van der Waals surface area contributed by atoms with Gasteiger partial charge < -0.3 is 14.8 Å². The maximum atomic E-state index is 13.5. The number of ether oxygens (including phenoxy) is 2. The van der Waals surface area contributed by atoms with Crippen molar-refractivity contribution >= 4 is 5.95 Å². The van der Waals surface area contributed by atoms with Crippen LogP contribution in [0.4, 0.5) is 10.3 Å². The van der Waals surface area contributed by atoms with Crippen LogP contribution >= 0.6 is 0 Å². The van der Waals surface area contributed by atoms with Crippen LogP contribution in [0.25, 0.3) is 0 Å². The van der Waals surface area contributed by atoms with Crippen molar-refractivity contribution in [1.82, 2.24) is 15.0 Å². The van der Waals surface area contributed by atoms with E-state index in [0.29, 0.717) is 0 Å². The molecule has 0 saturated heterocycles. The average Bonchev–Trinajstić information content (AvgIpc) is 2.47. The van der Waals surface area contributed by atoms with Crippen LogP contribution in [-0.4, -0.2) is 29.1 Å². The van der Waals surface area contributed by atoms with Crippen LogP contribution in [0.1, 0.15) is 5.56 Å². The minimum Gasteiger partial charge on any atom is -0.467 e. The van der Waals surface area contributed by atoms with Crippen LogP contribution in [-0.2, 0) is 0 Å². The van der Waals surface area contributed by atoms with E-state index in [0.717, 1.165) is 6.07 Å². The Bertz CT molecular complexity index is 649. The van der Waals surface area contributed by atoms with Gasteiger partial charge in [0.1, 0.15) is 17.6 Å². The fourth-order valence-corrected chi connectivity index (χ4v) is 1.34. The molecule has 0 aliphatic carbocycles. The van der Waals surface area contributed by atoms with Gasteiger partial charge in [0.25, 0.3) is 0 Å². The van der Waals surface area contributed by atoms with Gasteiger partial charge in [-0.3, -0.25) is 0 Å². The summed E-state index contributed by atoms with van der Waals surface area (Å²) >= 11 is 0. The molecule has 7 nitrogen and oxygen atoms in total. The molecule has 102 valence electrons. The first-order valence-corrected chi connectivity index (χ1v) is 5.51. The van der Waals surface area contributed by atoms with E-state index in [1.54, 1.807) is 13.1 Å². The molecule has 0 bridgehead atoms. The Morgan fingerprint density at radius 1 is 1.25 bits per heavy atom. The van der Waals surface area contributed by atoms with E-state index in [2.05, 4.69) is 20.3 Å². The zero-order valence-corrected chi connectivity index (χ0v) is 10.7. The maximum Gasteiger partial charge on any atom is 0.330 e. The van der Waals surface area contributed by atoms with Crippen LogP contribution in [0.3, 0.4) is 0 Å². The lowest BCUT2D eigenvalue weighted by atomic mass is 10.2. The molecule has 0 radical (unpaired) electrons. The Balaban J connectivity index is 2.30. The van der Waals surface area contributed by atoms with Crippen LogP contribution in [0.15, 0.2) is 18.2 Å². The number of benzene rings is 1. The molecule has 0 saturated carbocycles. The zero-order valence-electron chi connectivity index (χ0n) is 10.7. The Kier molecular flexibility index (Phi) is 3.91. The first-order valence-electron chi connectivity index (χ1n) is 5.51. The Labute approximate surface area is 114 Å². The molecule has 0 fully saturated rings. The van der Waals surface area contributed by atoms with E-state index < -0.39 is 5.82 Å². The third-order valence-electron chi connectivity index (χ3n) is 2.27. The number of anilines is 1. The standard InChI is InChI=1S/C12H10FN5O2/c1-15-10-16-11(19-2)18-12(17-10)20-8-4-3-7(6-14)9(13)5-8/h3-5H,1-2H3,(H,15,16,17,18). The second-order valence-corrected chi connectivity index (χ2v) is 3.53. The number of hydrogen-bond donors (Lipinski definition) is 1. The van der Waals surface area contributed by atoms with Gasteiger partial charge in [-0.2, -0.15) is 15.2 Å². The topological polar surface area (TPSA) is 93.0 Å². The van der Waals surface area contributed by atoms with E-state index in [9.17, 15) is 4.39 Å². The third-order valence-corrected chi connectivity index (χ3v) is 2.27. The third kappa shape index (κ3) is 2.89. The van der Waals surface area contributed by atoms with Crippen molar-refractivity contribution in [3.63, 3.8) is 0 Å². The summed E-state index contributed by atoms with van der Waals surface area (Å²) in [7, 11) is 3.03. The van der Waals surface area contributed by atoms with Crippen LogP contribution < -0.4 is 14.8 Å². The van der Waals surface area contributed by atoms with Gasteiger partial charge in [0.15, 0.2) is 0 Å². The molecule has 1 heterocycles. The second kappa shape index (κ2) is 5.79. The van der Waals surface area contributed by atoms with Gasteiger partial charge >= 0.3 is 12.0 Å². The number of rotatable bonds is 4. The predicted octanol–water partition coefficient (Wildman–Crippen LogP) is 1.72. The fourth-order valence-electron chi connectivity index (χ4n) is 1.34. The first-order chi connectivity index (χ1) is 9.66. The van der Waals surface area contributed by atoms with E-state index in [-0.39, 0.29) is 29.3 Å². The molecule has 0 spiro atoms. The van der Waals surface area contributed by atoms with E-state index in [1.165, 1.54) is 19.2 Å². The minimum atomic E-state index is -0.681. The molecular formula is C12H10FN5O2. The van der Waals surface area contributed by atoms with Crippen molar-refractivity contribution in [2.24, 2.45) is 0 Å². The van der Waals surface area contributed by atoms with E-state index in [4.69, 9.17) is 14.7 Å². The smallest absolute Gasteiger partial charge is 0.330 e. The summed E-state index contributed by atoms with van der Waals surface area (Å²) < 4.78 is 23.7. The molecule has 0 atom stereocenters. The highest BCUT2D eigenvalue weighted by Crippen LogP contribution is 2.22. The largest absolute Gasteiger partial charge is 0.467 e. The summed E-state index contributed by atoms with van der Waals surface area (Å²) in [4.78, 5) is 11.7. The van der Waals surface area contributed by atoms with Gasteiger partial charge in [-0.15, -0.1) is 4.98 Å². The van der Waals surface area contributed by atoms with Crippen molar-refractivity contribution in [1.29, 1.82) is 5.26 Å². The van der Waals surface area contributed by atoms with Crippen molar-refractivity contribution < 1.29 is 13.9 Å². The van der Waals surface area contributed by atoms with E-state index >= 15 is 0 Å². The van der Waals surface area contributed by atoms with Crippen LogP contribution in [0.2, 0.25) is 0 Å². The monoisotopic (exact) mass is 275 g/mol. The number of nitrogens with one attached hydrogen (secondary N) is 1. The highest BCUT2D eigenvalue weighted by molar-refractivity contribution is 5.37. The SMILES string of the molecule is CNc1nc(OC)nc(Oc2ccc(C#N)c(F)c2)n1. The molecule has 1 aromatic carbocycles. The summed E-state index contributed by atoms with van der Waals surface area (Å²) in [6.07, 6.45) is 0. The van der Waals surface area contributed by atoms with Crippen molar-refractivity contribution in [3.05, 3.63) is 29.6 Å². The number of methoxy groups -OCH3 is 1. The maximum absolute atomic E-state index is 13.5. The minimum absolute atomic E-state index is 0.0506. The zero-order chi connectivity index (χ0) is 14.5. The molecule has 8 heteroatoms. The first kappa shape index (κ1) is 13.5. The quantitative estimate of drug-likeness (QED) is 0.908. The number of nitrogens with zero attached hydrogens (tertiary/aromatic N) is 4. The Morgan fingerprint density at radius 2 is 2.00 bits per heavy atom. The van der Waals surface area contributed by atoms with E-state index in [1.807, 2.05) is 0 Å². The molecule has 2 rings (SSSR count). The van der Waals surface area contributed by atoms with Gasteiger partial charge in [0.05, 0.1) is 12.7 Å². The average molecular weight is 275 g/mol. The summed E-state index contributed by atoms with van der Waals surface area (Å²) in [5.41, 5.74) is -0.0681. The van der Waals surface area contributed by atoms with Gasteiger partial charge in [0.2, 0.25) is 5.95 Å². The summed E-state index contributed by atoms with van der Waals surface area (Å²) in [6, 6.07) is 5.56. The van der Waals surface area contributed by atoms with Gasteiger partial charge in [0, 0.05) is 13.1 Å². The van der Waals surface area contributed by atoms with Crippen molar-refractivity contribution in [2.45, 2.75) is 0 Å². The highest BCUT2D eigenvalue weighted by atomic mass is 19.1. The second-order valence-electron chi connectivity index (χ2n) is 3.53. The lowest BCUT2D eigenvalue weighted by molar-refractivity contribution is 0.360. The predicted molar refractivity (Wildman–Crippen MR) is 67.1 cm³/mol. The van der Waals surface area contributed by atoms with Crippen molar-refractivity contribution in [3.8, 4) is 23.8 Å². The highest BCUT2D eigenvalue weighted by Gasteiger charge is 2.10. The molecular weight excluding hydrogens is 265 g/mol. The molecule has 0 unspecified atom stereocenters. The fraction of sp³-hybridized carbons (Fsp3) is 0.167. The van der Waals surface area contributed by atoms with Gasteiger partial charge in [-0.05, 0) is 12.1 Å². The Hall–Kier alpha value is -2.95. The molecule has 1 aromatic heterocycles. The molecule has 20 heavy (non-hydrogen) atoms. The summed E-state index contributed by atoms with van der Waals surface area (Å²) in [5, 5.41) is 11.4. The number of halogens is 1. The molecule has 0 aliphatic heterocycles. The summed E-state index contributed by atoms with van der Waals surface area (Å²) in [5.74, 6) is -0.266. The normalized spacial score (nSPS) is 9.70. The number of nitriles is 1. The lowest BCUT2D eigenvalue weighted by Gasteiger charge is -2.07. The van der Waals surface area contributed by atoms with Crippen LogP contribution in [0.5, 0.6) is 17.8 Å². The van der Waals surface area contributed by atoms with Crippen molar-refractivity contribution in [2.75, 3.05) is 19.5 Å². The molecule has 0 amide bonds. The number of hydrogen-bond acceptors (Lipinski definition) is 7. The van der Waals surface area contributed by atoms with Gasteiger partial charge in [-0.25, -0.2) is 4.39 Å². The number of aromatic nitrogens is 3. The summed E-state index contributed by atoms with van der Waals surface area (Å²) in [6.45, 7) is 0. The molecule has 0 aliphatic rings. The Morgan fingerprint density at radius 3 is 2.60 bits per heavy atom. The molecule has 1 N–H and O–H groups in total. The molecule has 2 aromatic rings. The van der Waals surface area contributed by atoms with Crippen LogP contribution in [0, 0.1) is 17.1 Å².